The highest BCUT2D eigenvalue weighted by atomic mass is 14.0. The van der Waals surface area contributed by atoms with Crippen LogP contribution in [0.3, 0.4) is 0 Å². The summed E-state index contributed by atoms with van der Waals surface area (Å²) in [6.07, 6.45) is 30.7. The largest absolute Gasteiger partial charge is 0.0885 e. The van der Waals surface area contributed by atoms with Crippen molar-refractivity contribution < 1.29 is 0 Å². The summed E-state index contributed by atoms with van der Waals surface area (Å²) in [5.74, 6) is 0. The minimum absolute atomic E-state index is 1.10. The van der Waals surface area contributed by atoms with Crippen molar-refractivity contribution in [3.8, 4) is 0 Å². The normalized spacial score (nSPS) is 11.6. The highest BCUT2D eigenvalue weighted by molar-refractivity contribution is 4.81. The molecule has 0 aliphatic rings. The Kier molecular flexibility index (Phi) is 21.5. The van der Waals surface area contributed by atoms with Crippen molar-refractivity contribution in [2.45, 2.75) is 122 Å². The van der Waals surface area contributed by atoms with Gasteiger partial charge in [0, 0.05) is 0 Å². The molecule has 0 saturated heterocycles. The van der Waals surface area contributed by atoms with Gasteiger partial charge < -0.3 is 0 Å². The Bertz CT molecular complexity index is 216. The summed E-state index contributed by atoms with van der Waals surface area (Å²) < 4.78 is 0. The second-order valence-electron chi connectivity index (χ2n) is 7.06. The van der Waals surface area contributed by atoms with Gasteiger partial charge in [-0.15, -0.1) is 0 Å². The summed E-state index contributed by atoms with van der Waals surface area (Å²) in [4.78, 5) is 0. The zero-order chi connectivity index (χ0) is 16.8. The molecule has 0 rings (SSSR count). The second-order valence-corrected chi connectivity index (χ2v) is 7.06. The third kappa shape index (κ3) is 21.7. The van der Waals surface area contributed by atoms with E-state index in [0.717, 1.165) is 12.8 Å². The van der Waals surface area contributed by atoms with Crippen LogP contribution in [0, 0.1) is 13.8 Å². The van der Waals surface area contributed by atoms with E-state index < -0.39 is 0 Å². The molecular formula is C23H44. The highest BCUT2D eigenvalue weighted by Gasteiger charge is 1.93. The number of hydrogen-bond donors (Lipinski definition) is 0. The van der Waals surface area contributed by atoms with E-state index in [1.54, 1.807) is 0 Å². The summed E-state index contributed by atoms with van der Waals surface area (Å²) in [6, 6.07) is 0. The molecule has 0 spiro atoms. The average molecular weight is 321 g/mol. The Morgan fingerprint density at radius 1 is 0.348 bits per heavy atom. The van der Waals surface area contributed by atoms with Crippen LogP contribution in [0.5, 0.6) is 0 Å². The molecule has 0 aromatic rings. The van der Waals surface area contributed by atoms with Gasteiger partial charge in [-0.25, -0.2) is 0 Å². The lowest BCUT2D eigenvalue weighted by Gasteiger charge is -2.02. The van der Waals surface area contributed by atoms with Gasteiger partial charge >= 0.3 is 0 Å². The maximum Gasteiger partial charge on any atom is -0.0351 e. The molecule has 0 heterocycles. The van der Waals surface area contributed by atoms with Gasteiger partial charge in [-0.1, -0.05) is 122 Å². The first-order chi connectivity index (χ1) is 11.4. The van der Waals surface area contributed by atoms with Crippen LogP contribution in [0.1, 0.15) is 122 Å². The van der Waals surface area contributed by atoms with Crippen molar-refractivity contribution >= 4 is 0 Å². The lowest BCUT2D eigenvalue weighted by Crippen LogP contribution is -1.82. The van der Waals surface area contributed by atoms with Gasteiger partial charge in [0.25, 0.3) is 0 Å². The molecule has 0 heteroatoms. The molecule has 0 aliphatic carbocycles. The van der Waals surface area contributed by atoms with Crippen molar-refractivity contribution in [3.63, 3.8) is 0 Å². The third-order valence-electron chi connectivity index (χ3n) is 4.66. The third-order valence-corrected chi connectivity index (χ3v) is 4.66. The van der Waals surface area contributed by atoms with Crippen LogP contribution in [0.2, 0.25) is 0 Å². The summed E-state index contributed by atoms with van der Waals surface area (Å²) in [6.45, 7) is 7.78. The number of allylic oxidation sites excluding steroid dienone is 2. The fraction of sp³-hybridized carbons (Fsp3) is 0.826. The number of unbranched alkanes of at least 4 members (excludes halogenated alkanes) is 17. The predicted molar refractivity (Wildman–Crippen MR) is 108 cm³/mol. The van der Waals surface area contributed by atoms with Gasteiger partial charge in [-0.2, -0.15) is 0 Å². The molecule has 0 aliphatic heterocycles. The summed E-state index contributed by atoms with van der Waals surface area (Å²) in [5, 5.41) is 0. The highest BCUT2D eigenvalue weighted by Crippen LogP contribution is 2.13. The lowest BCUT2D eigenvalue weighted by molar-refractivity contribution is 0.542. The molecule has 0 N–H and O–H groups in total. The predicted octanol–water partition coefficient (Wildman–Crippen LogP) is 8.62. The van der Waals surface area contributed by atoms with Crippen LogP contribution in [-0.4, -0.2) is 0 Å². The van der Waals surface area contributed by atoms with Gasteiger partial charge in [0.05, 0.1) is 0 Å². The van der Waals surface area contributed by atoms with Crippen molar-refractivity contribution in [2.75, 3.05) is 0 Å². The summed E-state index contributed by atoms with van der Waals surface area (Å²) in [5.41, 5.74) is 0. The minimum atomic E-state index is 1.10. The standard InChI is InChI=1S/C23H44/c1-3-5-7-9-11-13-15-17-19-21-23-22-20-18-16-14-12-10-8-6-4-2/h13,15H,1-12,14,16-23H2/b15-13+. The van der Waals surface area contributed by atoms with E-state index in [0.29, 0.717) is 0 Å². The smallest absolute Gasteiger partial charge is 0.0351 e. The molecule has 0 amide bonds. The zero-order valence-electron chi connectivity index (χ0n) is 16.0. The average Bonchev–Trinajstić information content (AvgIpc) is 2.57. The van der Waals surface area contributed by atoms with E-state index in [2.05, 4.69) is 26.0 Å². The molecule has 0 unspecified atom stereocenters. The first-order valence-corrected chi connectivity index (χ1v) is 10.6. The van der Waals surface area contributed by atoms with Gasteiger partial charge in [0.15, 0.2) is 0 Å². The van der Waals surface area contributed by atoms with Crippen LogP contribution in [0.25, 0.3) is 0 Å². The molecule has 0 saturated carbocycles. The Hall–Kier alpha value is -0.260. The Morgan fingerprint density at radius 2 is 0.609 bits per heavy atom. The summed E-state index contributed by atoms with van der Waals surface area (Å²) >= 11 is 0. The fourth-order valence-corrected chi connectivity index (χ4v) is 3.06. The Morgan fingerprint density at radius 3 is 0.957 bits per heavy atom. The Balaban J connectivity index is 3.01. The van der Waals surface area contributed by atoms with Crippen molar-refractivity contribution in [2.24, 2.45) is 0 Å². The van der Waals surface area contributed by atoms with Crippen molar-refractivity contribution in [1.29, 1.82) is 0 Å². The van der Waals surface area contributed by atoms with E-state index >= 15 is 0 Å². The van der Waals surface area contributed by atoms with E-state index in [9.17, 15) is 0 Å². The van der Waals surface area contributed by atoms with Crippen molar-refractivity contribution in [1.82, 2.24) is 0 Å². The molecule has 2 radical (unpaired) electrons. The topological polar surface area (TPSA) is 0 Å². The quantitative estimate of drug-likeness (QED) is 0.165. The van der Waals surface area contributed by atoms with Crippen LogP contribution in [-0.2, 0) is 0 Å². The lowest BCUT2D eigenvalue weighted by atomic mass is 10.0. The SMILES string of the molecule is [CH2]CCCCC/C=C/CCCCCCCCCCCCCC[CH2]. The van der Waals surface area contributed by atoms with E-state index in [4.69, 9.17) is 0 Å². The van der Waals surface area contributed by atoms with Crippen LogP contribution >= 0.6 is 0 Å². The van der Waals surface area contributed by atoms with Crippen molar-refractivity contribution in [3.05, 3.63) is 26.0 Å². The molecule has 0 atom stereocenters. The maximum absolute atomic E-state index is 3.90. The van der Waals surface area contributed by atoms with Crippen LogP contribution in [0.4, 0.5) is 0 Å². The Labute approximate surface area is 148 Å². The molecule has 0 aromatic heterocycles. The molecule has 136 valence electrons. The number of rotatable bonds is 19. The first kappa shape index (κ1) is 22.7. The van der Waals surface area contributed by atoms with Gasteiger partial charge in [-0.3, -0.25) is 0 Å². The molecule has 23 heavy (non-hydrogen) atoms. The zero-order valence-corrected chi connectivity index (χ0v) is 16.0. The van der Waals surface area contributed by atoms with Gasteiger partial charge in [-0.05, 0) is 25.7 Å². The van der Waals surface area contributed by atoms with E-state index in [1.165, 1.54) is 109 Å². The molecule has 0 fully saturated rings. The molecule has 0 nitrogen and oxygen atoms in total. The maximum atomic E-state index is 3.90. The van der Waals surface area contributed by atoms with E-state index in [-0.39, 0.29) is 0 Å². The van der Waals surface area contributed by atoms with Crippen LogP contribution < -0.4 is 0 Å². The number of hydrogen-bond acceptors (Lipinski definition) is 0. The molecule has 0 bridgehead atoms. The van der Waals surface area contributed by atoms with Gasteiger partial charge in [0.1, 0.15) is 0 Å². The fourth-order valence-electron chi connectivity index (χ4n) is 3.06. The van der Waals surface area contributed by atoms with Gasteiger partial charge in [0.2, 0.25) is 0 Å². The molecule has 0 aromatic carbocycles. The van der Waals surface area contributed by atoms with E-state index in [1.807, 2.05) is 0 Å². The van der Waals surface area contributed by atoms with Crippen LogP contribution in [0.15, 0.2) is 12.2 Å². The summed E-state index contributed by atoms with van der Waals surface area (Å²) in [7, 11) is 0. The minimum Gasteiger partial charge on any atom is -0.0885 e. The first-order valence-electron chi connectivity index (χ1n) is 10.6. The molecular weight excluding hydrogens is 276 g/mol. The second kappa shape index (κ2) is 21.7. The monoisotopic (exact) mass is 320 g/mol.